The average Bonchev–Trinajstić information content (AvgIpc) is 2.96. The van der Waals surface area contributed by atoms with Gasteiger partial charge in [-0.1, -0.05) is 18.2 Å². The number of benzene rings is 1. The molecular weight excluding hydrogens is 246 g/mol. The number of hydrogen-bond donors (Lipinski definition) is 1. The maximum absolute atomic E-state index is 5.62. The van der Waals surface area contributed by atoms with Gasteiger partial charge in [-0.25, -0.2) is 0 Å². The van der Waals surface area contributed by atoms with Gasteiger partial charge in [-0.15, -0.1) is 0 Å². The lowest BCUT2D eigenvalue weighted by molar-refractivity contribution is 0.123. The molecule has 1 aliphatic heterocycles. The molecule has 5 heteroatoms. The Balaban J connectivity index is 2.05. The lowest BCUT2D eigenvalue weighted by Crippen LogP contribution is -2.08. The number of nitrogens with zero attached hydrogens (tertiary/aromatic N) is 2. The highest BCUT2D eigenvalue weighted by molar-refractivity contribution is 7.71. The monoisotopic (exact) mass is 261 g/mol. The van der Waals surface area contributed by atoms with E-state index in [0.29, 0.717) is 23.4 Å². The zero-order valence-corrected chi connectivity index (χ0v) is 11.0. The summed E-state index contributed by atoms with van der Waals surface area (Å²) in [5, 5.41) is 7.26. The van der Waals surface area contributed by atoms with Crippen LogP contribution < -0.4 is 0 Å². The fourth-order valence-electron chi connectivity index (χ4n) is 2.41. The molecule has 2 heterocycles. The molecule has 1 fully saturated rings. The molecule has 2 atom stereocenters. The minimum Gasteiger partial charge on any atom is -0.378 e. The van der Waals surface area contributed by atoms with Gasteiger partial charge in [0.15, 0.2) is 4.77 Å². The summed E-state index contributed by atoms with van der Waals surface area (Å²) in [4.78, 5) is 0. The largest absolute Gasteiger partial charge is 0.378 e. The molecule has 2 unspecified atom stereocenters. The molecule has 0 bridgehead atoms. The summed E-state index contributed by atoms with van der Waals surface area (Å²) in [5.41, 5.74) is 1.05. The van der Waals surface area contributed by atoms with Crippen LogP contribution in [-0.4, -0.2) is 27.5 Å². The molecule has 0 radical (unpaired) electrons. The third kappa shape index (κ3) is 2.00. The van der Waals surface area contributed by atoms with E-state index in [4.69, 9.17) is 17.0 Å². The Morgan fingerprint density at radius 2 is 2.17 bits per heavy atom. The van der Waals surface area contributed by atoms with Crippen LogP contribution in [0.3, 0.4) is 0 Å². The Hall–Kier alpha value is -1.46. The van der Waals surface area contributed by atoms with Crippen molar-refractivity contribution in [3.8, 4) is 5.69 Å². The lowest BCUT2D eigenvalue weighted by Gasteiger charge is -2.10. The fourth-order valence-corrected chi connectivity index (χ4v) is 2.65. The summed E-state index contributed by atoms with van der Waals surface area (Å²) in [5.74, 6) is 1.28. The summed E-state index contributed by atoms with van der Waals surface area (Å²) >= 11 is 5.32. The molecule has 1 aliphatic rings. The highest BCUT2D eigenvalue weighted by atomic mass is 32.1. The topological polar surface area (TPSA) is 42.8 Å². The van der Waals surface area contributed by atoms with Crippen LogP contribution >= 0.6 is 12.2 Å². The van der Waals surface area contributed by atoms with Gasteiger partial charge in [0.1, 0.15) is 5.82 Å². The van der Waals surface area contributed by atoms with Crippen molar-refractivity contribution >= 4 is 12.2 Å². The molecule has 0 aliphatic carbocycles. The smallest absolute Gasteiger partial charge is 0.199 e. The van der Waals surface area contributed by atoms with Crippen LogP contribution in [0.4, 0.5) is 0 Å². The third-order valence-electron chi connectivity index (χ3n) is 3.28. The minimum absolute atomic E-state index is 0.296. The first-order valence-corrected chi connectivity index (χ1v) is 6.51. The molecular formula is C13H15N3OS. The van der Waals surface area contributed by atoms with E-state index < -0.39 is 0 Å². The van der Waals surface area contributed by atoms with E-state index in [1.807, 2.05) is 34.9 Å². The standard InChI is InChI=1S/C13H15N3OS/c1-9-7-10(8-17-9)12-14-15-13(18)16(12)11-5-3-2-4-6-11/h2-6,9-10H,7-8H2,1H3,(H,15,18). The maximum Gasteiger partial charge on any atom is 0.199 e. The number of rotatable bonds is 2. The van der Waals surface area contributed by atoms with Crippen molar-refractivity contribution in [3.63, 3.8) is 0 Å². The first-order valence-electron chi connectivity index (χ1n) is 6.10. The molecule has 3 rings (SSSR count). The summed E-state index contributed by atoms with van der Waals surface area (Å²) < 4.78 is 8.26. The number of aromatic nitrogens is 3. The van der Waals surface area contributed by atoms with Crippen LogP contribution in [0.2, 0.25) is 0 Å². The summed E-state index contributed by atoms with van der Waals surface area (Å²) in [7, 11) is 0. The fraction of sp³-hybridized carbons (Fsp3) is 0.385. The second-order valence-corrected chi connectivity index (χ2v) is 5.02. The van der Waals surface area contributed by atoms with Crippen molar-refractivity contribution in [1.82, 2.24) is 14.8 Å². The Labute approximate surface area is 111 Å². The van der Waals surface area contributed by atoms with Crippen molar-refractivity contribution in [3.05, 3.63) is 40.9 Å². The quantitative estimate of drug-likeness (QED) is 0.845. The third-order valence-corrected chi connectivity index (χ3v) is 3.55. The van der Waals surface area contributed by atoms with Gasteiger partial charge >= 0.3 is 0 Å². The van der Waals surface area contributed by atoms with Crippen molar-refractivity contribution in [1.29, 1.82) is 0 Å². The predicted molar refractivity (Wildman–Crippen MR) is 71.5 cm³/mol. The van der Waals surface area contributed by atoms with Crippen molar-refractivity contribution in [2.75, 3.05) is 6.61 Å². The molecule has 4 nitrogen and oxygen atoms in total. The molecule has 18 heavy (non-hydrogen) atoms. The van der Waals surface area contributed by atoms with Crippen LogP contribution in [0.5, 0.6) is 0 Å². The van der Waals surface area contributed by atoms with E-state index in [9.17, 15) is 0 Å². The second kappa shape index (κ2) is 4.66. The van der Waals surface area contributed by atoms with Crippen LogP contribution in [0.25, 0.3) is 5.69 Å². The van der Waals surface area contributed by atoms with Crippen molar-refractivity contribution < 1.29 is 4.74 Å². The van der Waals surface area contributed by atoms with E-state index in [-0.39, 0.29) is 0 Å². The number of H-pyrrole nitrogens is 1. The van der Waals surface area contributed by atoms with Gasteiger partial charge < -0.3 is 4.74 Å². The van der Waals surface area contributed by atoms with E-state index in [1.165, 1.54) is 0 Å². The Morgan fingerprint density at radius 1 is 1.39 bits per heavy atom. The molecule has 0 saturated carbocycles. The van der Waals surface area contributed by atoms with E-state index in [0.717, 1.165) is 17.9 Å². The first-order chi connectivity index (χ1) is 8.75. The van der Waals surface area contributed by atoms with E-state index in [2.05, 4.69) is 17.1 Å². The Morgan fingerprint density at radius 3 is 2.83 bits per heavy atom. The lowest BCUT2D eigenvalue weighted by atomic mass is 10.1. The number of ether oxygens (including phenoxy) is 1. The summed E-state index contributed by atoms with van der Waals surface area (Å²) in [6.07, 6.45) is 1.29. The average molecular weight is 261 g/mol. The molecule has 1 N–H and O–H groups in total. The molecule has 1 saturated heterocycles. The number of nitrogens with one attached hydrogen (secondary N) is 1. The minimum atomic E-state index is 0.296. The van der Waals surface area contributed by atoms with Crippen LogP contribution in [0.1, 0.15) is 25.1 Å². The Bertz CT molecular complexity index is 590. The van der Waals surface area contributed by atoms with Gasteiger partial charge in [0.25, 0.3) is 0 Å². The van der Waals surface area contributed by atoms with Gasteiger partial charge in [-0.05, 0) is 37.7 Å². The number of para-hydroxylation sites is 1. The van der Waals surface area contributed by atoms with Gasteiger partial charge in [0.05, 0.1) is 12.7 Å². The van der Waals surface area contributed by atoms with Crippen molar-refractivity contribution in [2.45, 2.75) is 25.4 Å². The number of hydrogen-bond acceptors (Lipinski definition) is 3. The van der Waals surface area contributed by atoms with E-state index >= 15 is 0 Å². The zero-order valence-electron chi connectivity index (χ0n) is 10.2. The highest BCUT2D eigenvalue weighted by Crippen LogP contribution is 2.29. The van der Waals surface area contributed by atoms with Gasteiger partial charge in [0, 0.05) is 11.6 Å². The molecule has 1 aromatic carbocycles. The molecule has 0 amide bonds. The van der Waals surface area contributed by atoms with Gasteiger partial charge in [-0.2, -0.15) is 5.10 Å². The normalized spacial score (nSPS) is 23.4. The van der Waals surface area contributed by atoms with Crippen LogP contribution in [-0.2, 0) is 4.74 Å². The molecule has 1 aromatic heterocycles. The van der Waals surface area contributed by atoms with Gasteiger partial charge in [0.2, 0.25) is 0 Å². The van der Waals surface area contributed by atoms with Gasteiger partial charge in [-0.3, -0.25) is 9.67 Å². The predicted octanol–water partition coefficient (Wildman–Crippen LogP) is 2.82. The maximum atomic E-state index is 5.62. The second-order valence-electron chi connectivity index (χ2n) is 4.63. The SMILES string of the molecule is CC1CC(c2n[nH]c(=S)n2-c2ccccc2)CO1. The molecule has 0 spiro atoms. The first kappa shape index (κ1) is 11.6. The Kier molecular flexibility index (Phi) is 3.01. The van der Waals surface area contributed by atoms with Crippen LogP contribution in [0, 0.1) is 4.77 Å². The van der Waals surface area contributed by atoms with Crippen LogP contribution in [0.15, 0.2) is 30.3 Å². The zero-order chi connectivity index (χ0) is 12.5. The highest BCUT2D eigenvalue weighted by Gasteiger charge is 2.28. The van der Waals surface area contributed by atoms with Crippen molar-refractivity contribution in [2.24, 2.45) is 0 Å². The number of aromatic amines is 1. The summed E-state index contributed by atoms with van der Waals surface area (Å²) in [6.45, 7) is 2.81. The summed E-state index contributed by atoms with van der Waals surface area (Å²) in [6, 6.07) is 10.1. The molecule has 94 valence electrons. The molecule has 2 aromatic rings. The van der Waals surface area contributed by atoms with E-state index in [1.54, 1.807) is 0 Å².